The second-order valence-corrected chi connectivity index (χ2v) is 5.60. The van der Waals surface area contributed by atoms with Gasteiger partial charge < -0.3 is 14.4 Å². The minimum atomic E-state index is -0.0396. The molecule has 4 nitrogen and oxygen atoms in total. The van der Waals surface area contributed by atoms with Crippen LogP contribution in [0, 0.1) is 0 Å². The molecule has 1 aromatic rings. The van der Waals surface area contributed by atoms with Crippen molar-refractivity contribution < 1.29 is 14.3 Å². The maximum Gasteiger partial charge on any atom is 0.253 e. The quantitative estimate of drug-likeness (QED) is 0.784. The van der Waals surface area contributed by atoms with Crippen molar-refractivity contribution in [1.29, 1.82) is 0 Å². The van der Waals surface area contributed by atoms with E-state index in [2.05, 4.69) is 15.9 Å². The van der Waals surface area contributed by atoms with Gasteiger partial charge in [-0.1, -0.05) is 22.9 Å². The molecule has 5 heteroatoms. The Balaban J connectivity index is 2.92. The normalized spacial score (nSPS) is 11.8. The Morgan fingerprint density at radius 1 is 1.33 bits per heavy atom. The number of carbonyl (C=O) groups excluding carboxylic acids is 1. The topological polar surface area (TPSA) is 38.8 Å². The first kappa shape index (κ1) is 14.8. The van der Waals surface area contributed by atoms with Gasteiger partial charge in [0, 0.05) is 24.0 Å². The lowest BCUT2D eigenvalue weighted by Gasteiger charge is -2.19. The molecule has 1 unspecified atom stereocenters. The van der Waals surface area contributed by atoms with Gasteiger partial charge in [0.1, 0.15) is 0 Å². The highest BCUT2D eigenvalue weighted by molar-refractivity contribution is 9.09. The van der Waals surface area contributed by atoms with E-state index < -0.39 is 0 Å². The van der Waals surface area contributed by atoms with Crippen LogP contribution in [0.25, 0.3) is 0 Å². The van der Waals surface area contributed by atoms with Gasteiger partial charge in [-0.3, -0.25) is 4.79 Å². The number of benzene rings is 1. The fourth-order valence-electron chi connectivity index (χ4n) is 1.65. The van der Waals surface area contributed by atoms with Crippen molar-refractivity contribution in [3.05, 3.63) is 23.8 Å². The van der Waals surface area contributed by atoms with Crippen molar-refractivity contribution in [2.75, 3.05) is 27.8 Å². The summed E-state index contributed by atoms with van der Waals surface area (Å²) in [6.07, 6.45) is 0. The van der Waals surface area contributed by atoms with Crippen molar-refractivity contribution in [3.63, 3.8) is 0 Å². The van der Waals surface area contributed by atoms with Crippen LogP contribution in [0.4, 0.5) is 0 Å². The third kappa shape index (κ3) is 3.63. The van der Waals surface area contributed by atoms with Crippen molar-refractivity contribution in [2.45, 2.75) is 11.8 Å². The Bertz CT molecular complexity index is 421. The largest absolute Gasteiger partial charge is 0.493 e. The van der Waals surface area contributed by atoms with Gasteiger partial charge >= 0.3 is 0 Å². The first-order valence-corrected chi connectivity index (χ1v) is 6.52. The van der Waals surface area contributed by atoms with E-state index in [1.807, 2.05) is 6.92 Å². The van der Waals surface area contributed by atoms with Gasteiger partial charge in [-0.15, -0.1) is 0 Å². The number of carbonyl (C=O) groups is 1. The van der Waals surface area contributed by atoms with E-state index >= 15 is 0 Å². The molecule has 1 aromatic carbocycles. The summed E-state index contributed by atoms with van der Waals surface area (Å²) in [6.45, 7) is 2.64. The van der Waals surface area contributed by atoms with Crippen LogP contribution in [0.1, 0.15) is 17.3 Å². The standard InChI is InChI=1S/C13H18BrNO3/c1-9(14)8-15(2)13(16)10-5-6-11(17-3)12(7-10)18-4/h5-7,9H,8H2,1-4H3. The number of alkyl halides is 1. The monoisotopic (exact) mass is 315 g/mol. The van der Waals surface area contributed by atoms with Crippen LogP contribution >= 0.6 is 15.9 Å². The molecule has 0 aromatic heterocycles. The zero-order valence-corrected chi connectivity index (χ0v) is 12.7. The number of hydrogen-bond donors (Lipinski definition) is 0. The summed E-state index contributed by atoms with van der Waals surface area (Å²) in [7, 11) is 4.89. The highest BCUT2D eigenvalue weighted by atomic mass is 79.9. The fraction of sp³-hybridized carbons (Fsp3) is 0.462. The first-order chi connectivity index (χ1) is 8.49. The molecule has 100 valence electrons. The molecule has 0 N–H and O–H groups in total. The average Bonchev–Trinajstić information content (AvgIpc) is 2.36. The van der Waals surface area contributed by atoms with Gasteiger partial charge in [0.25, 0.3) is 5.91 Å². The molecular weight excluding hydrogens is 298 g/mol. The van der Waals surface area contributed by atoms with E-state index in [-0.39, 0.29) is 10.7 Å². The van der Waals surface area contributed by atoms with Crippen LogP contribution in [0.15, 0.2) is 18.2 Å². The second kappa shape index (κ2) is 6.64. The number of amides is 1. The highest BCUT2D eigenvalue weighted by Crippen LogP contribution is 2.27. The van der Waals surface area contributed by atoms with Crippen LogP contribution in [-0.2, 0) is 0 Å². The van der Waals surface area contributed by atoms with E-state index in [9.17, 15) is 4.79 Å². The number of ether oxygens (including phenoxy) is 2. The van der Waals surface area contributed by atoms with Gasteiger partial charge in [-0.05, 0) is 18.2 Å². The van der Waals surface area contributed by atoms with Crippen LogP contribution in [0.3, 0.4) is 0 Å². The Morgan fingerprint density at radius 3 is 2.44 bits per heavy atom. The summed E-state index contributed by atoms with van der Waals surface area (Å²) in [6, 6.07) is 5.16. The minimum absolute atomic E-state index is 0.0396. The van der Waals surface area contributed by atoms with E-state index in [0.29, 0.717) is 23.6 Å². The molecule has 0 saturated carbocycles. The number of halogens is 1. The molecular formula is C13H18BrNO3. The summed E-state index contributed by atoms with van der Waals surface area (Å²) in [4.78, 5) is 14.1. The van der Waals surface area contributed by atoms with Crippen LogP contribution < -0.4 is 9.47 Å². The van der Waals surface area contributed by atoms with Crippen LogP contribution in [-0.4, -0.2) is 43.4 Å². The molecule has 18 heavy (non-hydrogen) atoms. The minimum Gasteiger partial charge on any atom is -0.493 e. The van der Waals surface area contributed by atoms with Crippen molar-refractivity contribution in [1.82, 2.24) is 4.90 Å². The predicted molar refractivity (Wildman–Crippen MR) is 74.9 cm³/mol. The Hall–Kier alpha value is -1.23. The maximum atomic E-state index is 12.2. The molecule has 1 amide bonds. The zero-order chi connectivity index (χ0) is 13.7. The van der Waals surface area contributed by atoms with E-state index in [0.717, 1.165) is 0 Å². The Labute approximate surface area is 116 Å². The number of rotatable bonds is 5. The smallest absolute Gasteiger partial charge is 0.253 e. The highest BCUT2D eigenvalue weighted by Gasteiger charge is 2.15. The van der Waals surface area contributed by atoms with Gasteiger partial charge in [0.15, 0.2) is 11.5 Å². The third-order valence-electron chi connectivity index (χ3n) is 2.50. The molecule has 0 spiro atoms. The lowest BCUT2D eigenvalue weighted by molar-refractivity contribution is 0.0797. The van der Waals surface area contributed by atoms with Crippen LogP contribution in [0.5, 0.6) is 11.5 Å². The summed E-state index contributed by atoms with van der Waals surface area (Å²) in [5.74, 6) is 1.14. The van der Waals surface area contributed by atoms with Gasteiger partial charge in [0.05, 0.1) is 14.2 Å². The molecule has 0 aliphatic carbocycles. The third-order valence-corrected chi connectivity index (χ3v) is 2.79. The summed E-state index contributed by atoms with van der Waals surface area (Å²) < 4.78 is 10.3. The van der Waals surface area contributed by atoms with E-state index in [1.165, 1.54) is 0 Å². The van der Waals surface area contributed by atoms with Crippen molar-refractivity contribution in [2.24, 2.45) is 0 Å². The predicted octanol–water partition coefficient (Wildman–Crippen LogP) is 2.56. The molecule has 0 heterocycles. The van der Waals surface area contributed by atoms with E-state index in [1.54, 1.807) is 44.4 Å². The van der Waals surface area contributed by atoms with Crippen molar-refractivity contribution in [3.8, 4) is 11.5 Å². The summed E-state index contributed by atoms with van der Waals surface area (Å²) >= 11 is 3.43. The van der Waals surface area contributed by atoms with Gasteiger partial charge in [0.2, 0.25) is 0 Å². The van der Waals surface area contributed by atoms with Crippen molar-refractivity contribution >= 4 is 21.8 Å². The number of methoxy groups -OCH3 is 2. The zero-order valence-electron chi connectivity index (χ0n) is 11.1. The molecule has 0 aliphatic rings. The SMILES string of the molecule is COc1ccc(C(=O)N(C)CC(C)Br)cc1OC. The lowest BCUT2D eigenvalue weighted by Crippen LogP contribution is -2.31. The van der Waals surface area contributed by atoms with Crippen LogP contribution in [0.2, 0.25) is 0 Å². The van der Waals surface area contributed by atoms with Gasteiger partial charge in [-0.2, -0.15) is 0 Å². The van der Waals surface area contributed by atoms with Gasteiger partial charge in [-0.25, -0.2) is 0 Å². The molecule has 1 rings (SSSR count). The molecule has 0 radical (unpaired) electrons. The maximum absolute atomic E-state index is 12.2. The summed E-state index contributed by atoms with van der Waals surface area (Å²) in [5, 5.41) is 0. The average molecular weight is 316 g/mol. The number of hydrogen-bond acceptors (Lipinski definition) is 3. The fourth-order valence-corrected chi connectivity index (χ4v) is 2.08. The molecule has 1 atom stereocenters. The Morgan fingerprint density at radius 2 is 1.94 bits per heavy atom. The molecule has 0 aliphatic heterocycles. The molecule has 0 saturated heterocycles. The lowest BCUT2D eigenvalue weighted by atomic mass is 10.1. The molecule has 0 bridgehead atoms. The first-order valence-electron chi connectivity index (χ1n) is 5.61. The van der Waals surface area contributed by atoms with E-state index in [4.69, 9.17) is 9.47 Å². The number of nitrogens with zero attached hydrogens (tertiary/aromatic N) is 1. The summed E-state index contributed by atoms with van der Waals surface area (Å²) in [5.41, 5.74) is 0.586. The second-order valence-electron chi connectivity index (χ2n) is 4.04. The molecule has 0 fully saturated rings. The Kier molecular flexibility index (Phi) is 5.47.